The molecule has 0 aliphatic heterocycles. The van der Waals surface area contributed by atoms with E-state index in [-0.39, 0.29) is 5.91 Å². The van der Waals surface area contributed by atoms with Crippen molar-refractivity contribution in [2.24, 2.45) is 5.84 Å². The minimum absolute atomic E-state index is 0.143. The molecular formula is C11H17N3O. The Morgan fingerprint density at radius 1 is 1.47 bits per heavy atom. The predicted octanol–water partition coefficient (Wildman–Crippen LogP) is 0.811. The fraction of sp³-hybridized carbons (Fsp3) is 0.364. The fourth-order valence-electron chi connectivity index (χ4n) is 1.45. The van der Waals surface area contributed by atoms with Crippen LogP contribution in [0.5, 0.6) is 0 Å². The van der Waals surface area contributed by atoms with Crippen molar-refractivity contribution in [3.05, 3.63) is 29.8 Å². The van der Waals surface area contributed by atoms with Crippen molar-refractivity contribution in [2.75, 3.05) is 18.5 Å². The molecule has 0 bridgehead atoms. The van der Waals surface area contributed by atoms with Crippen LogP contribution < -0.4 is 16.2 Å². The van der Waals surface area contributed by atoms with Crippen molar-refractivity contribution in [3.63, 3.8) is 0 Å². The Balaban J connectivity index is 2.57. The van der Waals surface area contributed by atoms with Gasteiger partial charge in [-0.15, -0.1) is 0 Å². The van der Waals surface area contributed by atoms with Gasteiger partial charge in [0.25, 0.3) is 0 Å². The van der Waals surface area contributed by atoms with Gasteiger partial charge in [-0.3, -0.25) is 10.2 Å². The summed E-state index contributed by atoms with van der Waals surface area (Å²) in [5, 5.41) is 0. The molecule has 0 aromatic heterocycles. The minimum Gasteiger partial charge on any atom is -0.374 e. The summed E-state index contributed by atoms with van der Waals surface area (Å²) in [5.74, 6) is 4.87. The maximum absolute atomic E-state index is 11.0. The smallest absolute Gasteiger partial charge is 0.235 e. The van der Waals surface area contributed by atoms with E-state index in [0.717, 1.165) is 5.69 Å². The first-order chi connectivity index (χ1) is 7.15. The quantitative estimate of drug-likeness (QED) is 0.436. The van der Waals surface area contributed by atoms with E-state index in [0.29, 0.717) is 13.0 Å². The summed E-state index contributed by atoms with van der Waals surface area (Å²) in [7, 11) is 1.96. The minimum atomic E-state index is -0.143. The van der Waals surface area contributed by atoms with Gasteiger partial charge in [-0.1, -0.05) is 18.2 Å². The molecule has 1 aromatic carbocycles. The van der Waals surface area contributed by atoms with Crippen LogP contribution in [0, 0.1) is 6.92 Å². The Hall–Kier alpha value is -1.55. The van der Waals surface area contributed by atoms with Crippen molar-refractivity contribution in [1.82, 2.24) is 5.43 Å². The molecular weight excluding hydrogens is 190 g/mol. The van der Waals surface area contributed by atoms with Crippen molar-refractivity contribution in [3.8, 4) is 0 Å². The Morgan fingerprint density at radius 2 is 2.13 bits per heavy atom. The van der Waals surface area contributed by atoms with Crippen LogP contribution in [0.3, 0.4) is 0 Å². The van der Waals surface area contributed by atoms with E-state index in [2.05, 4.69) is 18.4 Å². The highest BCUT2D eigenvalue weighted by molar-refractivity contribution is 5.75. The van der Waals surface area contributed by atoms with Crippen LogP contribution in [0.25, 0.3) is 0 Å². The lowest BCUT2D eigenvalue weighted by Crippen LogP contribution is -2.33. The van der Waals surface area contributed by atoms with Crippen molar-refractivity contribution in [2.45, 2.75) is 13.3 Å². The van der Waals surface area contributed by atoms with Gasteiger partial charge in [0, 0.05) is 25.7 Å². The molecule has 1 rings (SSSR count). The Labute approximate surface area is 90.0 Å². The van der Waals surface area contributed by atoms with Crippen LogP contribution in [0.4, 0.5) is 5.69 Å². The number of carbonyl (C=O) groups excluding carboxylic acids is 1. The van der Waals surface area contributed by atoms with Gasteiger partial charge in [-0.25, -0.2) is 5.84 Å². The fourth-order valence-corrected chi connectivity index (χ4v) is 1.45. The first-order valence-corrected chi connectivity index (χ1v) is 4.91. The second kappa shape index (κ2) is 5.36. The van der Waals surface area contributed by atoms with E-state index < -0.39 is 0 Å². The molecule has 4 heteroatoms. The van der Waals surface area contributed by atoms with Crippen LogP contribution in [0.2, 0.25) is 0 Å². The monoisotopic (exact) mass is 207 g/mol. The number of nitrogens with one attached hydrogen (secondary N) is 1. The first-order valence-electron chi connectivity index (χ1n) is 4.91. The highest BCUT2D eigenvalue weighted by atomic mass is 16.2. The summed E-state index contributed by atoms with van der Waals surface area (Å²) in [4.78, 5) is 13.0. The van der Waals surface area contributed by atoms with Gasteiger partial charge >= 0.3 is 0 Å². The third-order valence-corrected chi connectivity index (χ3v) is 2.36. The number of amides is 1. The van der Waals surface area contributed by atoms with Crippen LogP contribution in [-0.4, -0.2) is 19.5 Å². The van der Waals surface area contributed by atoms with E-state index in [4.69, 9.17) is 5.84 Å². The van der Waals surface area contributed by atoms with Crippen LogP contribution in [-0.2, 0) is 4.79 Å². The molecule has 0 saturated carbocycles. The molecule has 1 amide bonds. The average molecular weight is 207 g/mol. The largest absolute Gasteiger partial charge is 0.374 e. The molecule has 1 aromatic rings. The van der Waals surface area contributed by atoms with Gasteiger partial charge in [0.2, 0.25) is 5.91 Å². The molecule has 0 spiro atoms. The molecule has 0 aliphatic carbocycles. The summed E-state index contributed by atoms with van der Waals surface area (Å²) < 4.78 is 0. The van der Waals surface area contributed by atoms with E-state index in [1.54, 1.807) is 0 Å². The molecule has 0 saturated heterocycles. The highest BCUT2D eigenvalue weighted by Crippen LogP contribution is 2.17. The summed E-state index contributed by atoms with van der Waals surface area (Å²) >= 11 is 0. The molecule has 15 heavy (non-hydrogen) atoms. The topological polar surface area (TPSA) is 58.4 Å². The molecule has 0 heterocycles. The number of anilines is 1. The van der Waals surface area contributed by atoms with Gasteiger partial charge in [0.15, 0.2) is 0 Å². The van der Waals surface area contributed by atoms with Gasteiger partial charge in [0.1, 0.15) is 0 Å². The number of aryl methyl sites for hydroxylation is 1. The molecule has 0 radical (unpaired) electrons. The molecule has 4 nitrogen and oxygen atoms in total. The van der Waals surface area contributed by atoms with E-state index in [1.165, 1.54) is 5.56 Å². The second-order valence-corrected chi connectivity index (χ2v) is 3.53. The SMILES string of the molecule is Cc1ccccc1N(C)CCC(=O)NN. The molecule has 0 unspecified atom stereocenters. The third-order valence-electron chi connectivity index (χ3n) is 2.36. The number of nitrogens with zero attached hydrogens (tertiary/aromatic N) is 1. The number of hydrogen-bond donors (Lipinski definition) is 2. The maximum atomic E-state index is 11.0. The molecule has 3 N–H and O–H groups in total. The predicted molar refractivity (Wildman–Crippen MR) is 61.4 cm³/mol. The zero-order valence-electron chi connectivity index (χ0n) is 9.16. The standard InChI is InChI=1S/C11H17N3O/c1-9-5-3-4-6-10(9)14(2)8-7-11(15)13-12/h3-6H,7-8,12H2,1-2H3,(H,13,15). The lowest BCUT2D eigenvalue weighted by molar-refractivity contribution is -0.120. The lowest BCUT2D eigenvalue weighted by Gasteiger charge is -2.20. The van der Waals surface area contributed by atoms with Crippen molar-refractivity contribution >= 4 is 11.6 Å². The van der Waals surface area contributed by atoms with Gasteiger partial charge < -0.3 is 4.90 Å². The van der Waals surface area contributed by atoms with E-state index in [9.17, 15) is 4.79 Å². The summed E-state index contributed by atoms with van der Waals surface area (Å²) in [6.45, 7) is 2.71. The second-order valence-electron chi connectivity index (χ2n) is 3.53. The highest BCUT2D eigenvalue weighted by Gasteiger charge is 2.05. The number of benzene rings is 1. The molecule has 82 valence electrons. The number of carbonyl (C=O) groups is 1. The van der Waals surface area contributed by atoms with E-state index in [1.807, 2.05) is 30.1 Å². The molecule has 0 aliphatic rings. The van der Waals surface area contributed by atoms with Gasteiger partial charge in [-0.2, -0.15) is 0 Å². The van der Waals surface area contributed by atoms with Gasteiger partial charge in [-0.05, 0) is 18.6 Å². The zero-order valence-corrected chi connectivity index (χ0v) is 9.16. The van der Waals surface area contributed by atoms with E-state index >= 15 is 0 Å². The number of hydrazine groups is 1. The van der Waals surface area contributed by atoms with Crippen LogP contribution in [0.15, 0.2) is 24.3 Å². The zero-order chi connectivity index (χ0) is 11.3. The number of rotatable bonds is 4. The molecule has 0 atom stereocenters. The average Bonchev–Trinajstić information content (AvgIpc) is 2.26. The third kappa shape index (κ3) is 3.25. The number of hydrogen-bond acceptors (Lipinski definition) is 3. The normalized spacial score (nSPS) is 9.80. The Morgan fingerprint density at radius 3 is 2.73 bits per heavy atom. The molecule has 0 fully saturated rings. The number of para-hydroxylation sites is 1. The summed E-state index contributed by atoms with van der Waals surface area (Å²) in [6.07, 6.45) is 0.404. The Kier molecular flexibility index (Phi) is 4.12. The van der Waals surface area contributed by atoms with Crippen molar-refractivity contribution in [1.29, 1.82) is 0 Å². The first kappa shape index (κ1) is 11.5. The maximum Gasteiger partial charge on any atom is 0.235 e. The Bertz CT molecular complexity index is 338. The van der Waals surface area contributed by atoms with Crippen molar-refractivity contribution < 1.29 is 4.79 Å². The lowest BCUT2D eigenvalue weighted by atomic mass is 10.2. The van der Waals surface area contributed by atoms with Crippen LogP contribution in [0.1, 0.15) is 12.0 Å². The van der Waals surface area contributed by atoms with Gasteiger partial charge in [0.05, 0.1) is 0 Å². The van der Waals surface area contributed by atoms with Crippen LogP contribution >= 0.6 is 0 Å². The number of nitrogens with two attached hydrogens (primary N) is 1. The summed E-state index contributed by atoms with van der Waals surface area (Å²) in [5.41, 5.74) is 4.46. The summed E-state index contributed by atoms with van der Waals surface area (Å²) in [6, 6.07) is 8.08.